The number of carbonyl (C=O) groups excluding carboxylic acids is 2. The average Bonchev–Trinajstić information content (AvgIpc) is 2.89. The quantitative estimate of drug-likeness (QED) is 0.859. The average molecular weight is 329 g/mol. The zero-order valence-electron chi connectivity index (χ0n) is 14.5. The van der Waals surface area contributed by atoms with E-state index >= 15 is 0 Å². The molecule has 6 nitrogen and oxygen atoms in total. The Labute approximate surface area is 141 Å². The lowest BCUT2D eigenvalue weighted by Crippen LogP contribution is -2.43. The summed E-state index contributed by atoms with van der Waals surface area (Å²) in [6.45, 7) is 8.70. The highest BCUT2D eigenvalue weighted by atomic mass is 16.5. The Bertz CT molecular complexity index is 788. The van der Waals surface area contributed by atoms with Crippen molar-refractivity contribution in [1.29, 1.82) is 0 Å². The first kappa shape index (κ1) is 16.5. The maximum absolute atomic E-state index is 12.9. The molecule has 0 fully saturated rings. The highest BCUT2D eigenvalue weighted by Crippen LogP contribution is 2.29. The third-order valence-electron chi connectivity index (χ3n) is 4.15. The molecule has 1 N–H and O–H groups in total. The van der Waals surface area contributed by atoms with E-state index in [-0.39, 0.29) is 11.3 Å². The molecule has 1 aliphatic rings. The number of fused-ring (bicyclic) bond motifs is 3. The van der Waals surface area contributed by atoms with Crippen LogP contribution in [0.3, 0.4) is 0 Å². The SMILES string of the molecule is CC(=O)O[C@H]1Cc2ccc3[nH]ncc3c2CN(CC(C)(C)C)C1=O. The van der Waals surface area contributed by atoms with Gasteiger partial charge in [-0.05, 0) is 22.6 Å². The smallest absolute Gasteiger partial charge is 0.303 e. The third-order valence-corrected chi connectivity index (χ3v) is 4.15. The fourth-order valence-electron chi connectivity index (χ4n) is 3.26. The van der Waals surface area contributed by atoms with Gasteiger partial charge in [0.2, 0.25) is 0 Å². The Morgan fingerprint density at radius 3 is 2.83 bits per heavy atom. The highest BCUT2D eigenvalue weighted by molar-refractivity contribution is 5.88. The number of hydrogen-bond donors (Lipinski definition) is 1. The fraction of sp³-hybridized carbons (Fsp3) is 0.500. The van der Waals surface area contributed by atoms with Crippen molar-refractivity contribution >= 4 is 22.8 Å². The van der Waals surface area contributed by atoms with Gasteiger partial charge in [0.05, 0.1) is 11.7 Å². The molecule has 6 heteroatoms. The van der Waals surface area contributed by atoms with Gasteiger partial charge in [0.15, 0.2) is 6.10 Å². The lowest BCUT2D eigenvalue weighted by Gasteiger charge is -2.30. The largest absolute Gasteiger partial charge is 0.452 e. The molecule has 1 atom stereocenters. The third kappa shape index (κ3) is 3.27. The molecule has 0 bridgehead atoms. The summed E-state index contributed by atoms with van der Waals surface area (Å²) in [5.74, 6) is -0.565. The van der Waals surface area contributed by atoms with E-state index in [1.54, 1.807) is 11.1 Å². The number of nitrogens with zero attached hydrogens (tertiary/aromatic N) is 2. The number of benzene rings is 1. The Kier molecular flexibility index (Phi) is 4.07. The van der Waals surface area contributed by atoms with Gasteiger partial charge in [-0.1, -0.05) is 26.8 Å². The van der Waals surface area contributed by atoms with Crippen LogP contribution in [0.15, 0.2) is 18.3 Å². The van der Waals surface area contributed by atoms with E-state index in [1.165, 1.54) is 6.92 Å². The number of carbonyl (C=O) groups is 2. The Balaban J connectivity index is 2.06. The van der Waals surface area contributed by atoms with E-state index in [9.17, 15) is 9.59 Å². The number of H-pyrrole nitrogens is 1. The van der Waals surface area contributed by atoms with E-state index in [2.05, 4.69) is 31.0 Å². The molecule has 0 aliphatic carbocycles. The number of rotatable bonds is 2. The van der Waals surface area contributed by atoms with Crippen LogP contribution in [0.4, 0.5) is 0 Å². The minimum absolute atomic E-state index is 0.0504. The van der Waals surface area contributed by atoms with Gasteiger partial charge >= 0.3 is 5.97 Å². The molecule has 2 heterocycles. The topological polar surface area (TPSA) is 75.3 Å². The van der Waals surface area contributed by atoms with Gasteiger partial charge in [0.1, 0.15) is 0 Å². The molecule has 128 valence electrons. The van der Waals surface area contributed by atoms with Gasteiger partial charge in [-0.15, -0.1) is 0 Å². The molecule has 2 aromatic rings. The Morgan fingerprint density at radius 1 is 1.42 bits per heavy atom. The normalized spacial score (nSPS) is 18.4. The second-order valence-corrected chi connectivity index (χ2v) is 7.59. The molecular weight excluding hydrogens is 306 g/mol. The first-order valence-electron chi connectivity index (χ1n) is 8.14. The lowest BCUT2D eigenvalue weighted by atomic mass is 9.95. The minimum atomic E-state index is -0.768. The molecule has 1 aliphatic heterocycles. The van der Waals surface area contributed by atoms with Crippen molar-refractivity contribution in [3.05, 3.63) is 29.5 Å². The van der Waals surface area contributed by atoms with Crippen LogP contribution in [-0.2, 0) is 27.3 Å². The molecule has 1 aromatic carbocycles. The summed E-state index contributed by atoms with van der Waals surface area (Å²) in [6.07, 6.45) is 1.42. The Hall–Kier alpha value is -2.37. The van der Waals surface area contributed by atoms with Gasteiger partial charge < -0.3 is 9.64 Å². The summed E-state index contributed by atoms with van der Waals surface area (Å²) in [6, 6.07) is 3.94. The molecule has 1 aromatic heterocycles. The van der Waals surface area contributed by atoms with E-state index in [0.29, 0.717) is 19.5 Å². The standard InChI is InChI=1S/C18H23N3O3/c1-11(22)24-16-7-12-5-6-15-13(8-19-20-15)14(12)9-21(17(16)23)10-18(2,3)4/h5-6,8,16H,7,9-10H2,1-4H3,(H,19,20)/t16-/m0/s1. The van der Waals surface area contributed by atoms with Crippen molar-refractivity contribution in [2.45, 2.75) is 46.8 Å². The second-order valence-electron chi connectivity index (χ2n) is 7.59. The summed E-state index contributed by atoms with van der Waals surface area (Å²) >= 11 is 0. The number of ether oxygens (including phenoxy) is 1. The van der Waals surface area contributed by atoms with Crippen molar-refractivity contribution < 1.29 is 14.3 Å². The number of amides is 1. The van der Waals surface area contributed by atoms with Gasteiger partial charge in [-0.2, -0.15) is 5.10 Å². The second kappa shape index (κ2) is 5.92. The van der Waals surface area contributed by atoms with Crippen LogP contribution in [0.25, 0.3) is 10.9 Å². The first-order chi connectivity index (χ1) is 11.2. The highest BCUT2D eigenvalue weighted by Gasteiger charge is 2.34. The van der Waals surface area contributed by atoms with Crippen LogP contribution in [0.1, 0.15) is 38.8 Å². The Morgan fingerprint density at radius 2 is 2.17 bits per heavy atom. The number of aromatic amines is 1. The minimum Gasteiger partial charge on any atom is -0.452 e. The van der Waals surface area contributed by atoms with E-state index in [1.807, 2.05) is 12.1 Å². The monoisotopic (exact) mass is 329 g/mol. The molecule has 0 spiro atoms. The van der Waals surface area contributed by atoms with E-state index < -0.39 is 12.1 Å². The number of nitrogens with one attached hydrogen (secondary N) is 1. The van der Waals surface area contributed by atoms with Gasteiger partial charge in [-0.3, -0.25) is 14.7 Å². The van der Waals surface area contributed by atoms with Crippen LogP contribution in [-0.4, -0.2) is 39.6 Å². The van der Waals surface area contributed by atoms with Crippen molar-refractivity contribution in [2.75, 3.05) is 6.54 Å². The maximum atomic E-state index is 12.9. The molecule has 0 radical (unpaired) electrons. The molecule has 0 saturated heterocycles. The van der Waals surface area contributed by atoms with Crippen molar-refractivity contribution in [2.24, 2.45) is 5.41 Å². The van der Waals surface area contributed by atoms with Crippen LogP contribution in [0.2, 0.25) is 0 Å². The zero-order valence-corrected chi connectivity index (χ0v) is 14.5. The van der Waals surface area contributed by atoms with Crippen LogP contribution < -0.4 is 0 Å². The predicted octanol–water partition coefficient (Wildman–Crippen LogP) is 2.43. The summed E-state index contributed by atoms with van der Waals surface area (Å²) in [5.41, 5.74) is 3.00. The molecule has 3 rings (SSSR count). The van der Waals surface area contributed by atoms with Gasteiger partial charge in [-0.25, -0.2) is 0 Å². The molecule has 1 amide bonds. The summed E-state index contributed by atoms with van der Waals surface area (Å²) < 4.78 is 5.33. The maximum Gasteiger partial charge on any atom is 0.303 e. The number of aromatic nitrogens is 2. The molecule has 0 saturated carbocycles. The fourth-order valence-corrected chi connectivity index (χ4v) is 3.26. The zero-order chi connectivity index (χ0) is 17.5. The summed E-state index contributed by atoms with van der Waals surface area (Å²) in [4.78, 5) is 26.2. The summed E-state index contributed by atoms with van der Waals surface area (Å²) in [7, 11) is 0. The molecule has 24 heavy (non-hydrogen) atoms. The van der Waals surface area contributed by atoms with Crippen LogP contribution in [0.5, 0.6) is 0 Å². The van der Waals surface area contributed by atoms with Crippen molar-refractivity contribution in [1.82, 2.24) is 15.1 Å². The summed E-state index contributed by atoms with van der Waals surface area (Å²) in [5, 5.41) is 8.10. The molecule has 0 unspecified atom stereocenters. The number of esters is 1. The number of hydrogen-bond acceptors (Lipinski definition) is 4. The van der Waals surface area contributed by atoms with Crippen molar-refractivity contribution in [3.8, 4) is 0 Å². The van der Waals surface area contributed by atoms with E-state index in [4.69, 9.17) is 4.74 Å². The predicted molar refractivity (Wildman–Crippen MR) is 90.2 cm³/mol. The van der Waals surface area contributed by atoms with Crippen molar-refractivity contribution in [3.63, 3.8) is 0 Å². The van der Waals surface area contributed by atoms with Gasteiger partial charge in [0, 0.05) is 31.8 Å². The van der Waals surface area contributed by atoms with Crippen LogP contribution >= 0.6 is 0 Å². The van der Waals surface area contributed by atoms with E-state index in [0.717, 1.165) is 22.0 Å². The lowest BCUT2D eigenvalue weighted by molar-refractivity contribution is -0.159. The van der Waals surface area contributed by atoms with Gasteiger partial charge in [0.25, 0.3) is 5.91 Å². The van der Waals surface area contributed by atoms with Crippen LogP contribution in [0, 0.1) is 5.41 Å². The molecular formula is C18H23N3O3. The first-order valence-corrected chi connectivity index (χ1v) is 8.14.